The number of benzene rings is 1. The van der Waals surface area contributed by atoms with Gasteiger partial charge in [0.25, 0.3) is 0 Å². The highest BCUT2D eigenvalue weighted by molar-refractivity contribution is 5.73. The fourth-order valence-electron chi connectivity index (χ4n) is 2.11. The van der Waals surface area contributed by atoms with E-state index in [1.54, 1.807) is 24.3 Å². The molecule has 0 aliphatic carbocycles. The maximum atomic E-state index is 11.5. The minimum Gasteiger partial charge on any atom is -0.468 e. The Bertz CT molecular complexity index is 585. The van der Waals surface area contributed by atoms with E-state index in [2.05, 4.69) is 5.32 Å². The fourth-order valence-corrected chi connectivity index (χ4v) is 2.11. The molecule has 8 nitrogen and oxygen atoms in total. The molecule has 0 bridgehead atoms. The Balaban J connectivity index is 3.03. The van der Waals surface area contributed by atoms with E-state index in [1.807, 2.05) is 0 Å². The van der Waals surface area contributed by atoms with Crippen LogP contribution in [0.4, 0.5) is 0 Å². The van der Waals surface area contributed by atoms with E-state index in [0.717, 1.165) is 0 Å². The van der Waals surface area contributed by atoms with Gasteiger partial charge in [-0.15, -0.1) is 0 Å². The standard InChI is InChI=1S/C17H23NO7/c1-11(19)18-16(9-23-12(2)20)17(25-13(3)21)14-5-7-15(8-6-14)24-10-22-4/h5-8,16-17H,9-10H2,1-4H3,(H,18,19)/t16-,17+/m0/s1. The molecule has 1 rings (SSSR count). The van der Waals surface area contributed by atoms with Gasteiger partial charge >= 0.3 is 11.9 Å². The average molecular weight is 353 g/mol. The monoisotopic (exact) mass is 353 g/mol. The van der Waals surface area contributed by atoms with E-state index in [1.165, 1.54) is 27.9 Å². The number of carbonyl (C=O) groups excluding carboxylic acids is 3. The molecule has 1 aromatic carbocycles. The van der Waals surface area contributed by atoms with E-state index in [4.69, 9.17) is 18.9 Å². The van der Waals surface area contributed by atoms with Crippen molar-refractivity contribution < 1.29 is 33.3 Å². The molecule has 25 heavy (non-hydrogen) atoms. The van der Waals surface area contributed by atoms with Crippen LogP contribution in [-0.4, -0.2) is 44.4 Å². The molecule has 0 saturated carbocycles. The van der Waals surface area contributed by atoms with Crippen LogP contribution in [0.25, 0.3) is 0 Å². The van der Waals surface area contributed by atoms with Crippen LogP contribution in [0, 0.1) is 0 Å². The third-order valence-electron chi connectivity index (χ3n) is 3.07. The summed E-state index contributed by atoms with van der Waals surface area (Å²) in [4.78, 5) is 34.0. The Morgan fingerprint density at radius 1 is 1.04 bits per heavy atom. The lowest BCUT2D eigenvalue weighted by Crippen LogP contribution is -2.43. The summed E-state index contributed by atoms with van der Waals surface area (Å²) in [5, 5.41) is 2.64. The van der Waals surface area contributed by atoms with Gasteiger partial charge in [-0.1, -0.05) is 12.1 Å². The number of esters is 2. The Hall–Kier alpha value is -2.61. The number of ether oxygens (including phenoxy) is 4. The summed E-state index contributed by atoms with van der Waals surface area (Å²) in [5.41, 5.74) is 0.617. The predicted molar refractivity (Wildman–Crippen MR) is 87.7 cm³/mol. The molecule has 0 radical (unpaired) electrons. The normalized spacial score (nSPS) is 12.6. The molecule has 0 saturated heterocycles. The van der Waals surface area contributed by atoms with Crippen molar-refractivity contribution >= 4 is 17.8 Å². The molecule has 138 valence electrons. The Labute approximate surface area is 146 Å². The minimum absolute atomic E-state index is 0.105. The molecule has 2 atom stereocenters. The number of amides is 1. The fraction of sp³-hybridized carbons (Fsp3) is 0.471. The Morgan fingerprint density at radius 3 is 2.16 bits per heavy atom. The van der Waals surface area contributed by atoms with E-state index in [0.29, 0.717) is 11.3 Å². The summed E-state index contributed by atoms with van der Waals surface area (Å²) in [6.07, 6.45) is -0.822. The minimum atomic E-state index is -0.822. The van der Waals surface area contributed by atoms with Gasteiger partial charge in [0.15, 0.2) is 12.9 Å². The van der Waals surface area contributed by atoms with Crippen LogP contribution < -0.4 is 10.1 Å². The first-order valence-electron chi connectivity index (χ1n) is 7.63. The second-order valence-corrected chi connectivity index (χ2v) is 5.26. The van der Waals surface area contributed by atoms with Crippen LogP contribution in [0.3, 0.4) is 0 Å². The topological polar surface area (TPSA) is 100 Å². The second kappa shape index (κ2) is 10.3. The first kappa shape index (κ1) is 20.4. The van der Waals surface area contributed by atoms with E-state index >= 15 is 0 Å². The zero-order chi connectivity index (χ0) is 18.8. The van der Waals surface area contributed by atoms with Gasteiger partial charge in [-0.05, 0) is 17.7 Å². The summed E-state index contributed by atoms with van der Waals surface area (Å²) in [5.74, 6) is -0.791. The van der Waals surface area contributed by atoms with Gasteiger partial charge in [0.05, 0.1) is 0 Å². The summed E-state index contributed by atoms with van der Waals surface area (Å²) in [6.45, 7) is 3.82. The van der Waals surface area contributed by atoms with Gasteiger partial charge in [0.1, 0.15) is 18.4 Å². The molecule has 1 aromatic rings. The lowest BCUT2D eigenvalue weighted by atomic mass is 10.0. The zero-order valence-corrected chi connectivity index (χ0v) is 14.7. The van der Waals surface area contributed by atoms with Crippen molar-refractivity contribution in [1.82, 2.24) is 5.32 Å². The van der Waals surface area contributed by atoms with Crippen LogP contribution in [-0.2, 0) is 28.6 Å². The lowest BCUT2D eigenvalue weighted by Gasteiger charge is -2.27. The van der Waals surface area contributed by atoms with E-state index < -0.39 is 24.1 Å². The molecule has 0 heterocycles. The molecule has 0 aliphatic heterocycles. The van der Waals surface area contributed by atoms with Crippen molar-refractivity contribution in [1.29, 1.82) is 0 Å². The maximum Gasteiger partial charge on any atom is 0.303 e. The number of nitrogens with one attached hydrogen (secondary N) is 1. The Morgan fingerprint density at radius 2 is 1.68 bits per heavy atom. The van der Waals surface area contributed by atoms with E-state index in [9.17, 15) is 14.4 Å². The van der Waals surface area contributed by atoms with Crippen LogP contribution >= 0.6 is 0 Å². The molecule has 0 aromatic heterocycles. The van der Waals surface area contributed by atoms with Gasteiger partial charge in [-0.3, -0.25) is 14.4 Å². The van der Waals surface area contributed by atoms with Crippen molar-refractivity contribution in [3.8, 4) is 5.75 Å². The molecule has 1 N–H and O–H groups in total. The van der Waals surface area contributed by atoms with Gasteiger partial charge in [0.2, 0.25) is 5.91 Å². The molecular weight excluding hydrogens is 330 g/mol. The Kier molecular flexibility index (Phi) is 8.42. The quantitative estimate of drug-likeness (QED) is 0.528. The third-order valence-corrected chi connectivity index (χ3v) is 3.07. The van der Waals surface area contributed by atoms with Crippen molar-refractivity contribution in [3.63, 3.8) is 0 Å². The SMILES string of the molecule is COCOc1ccc([C@@H](OC(C)=O)[C@H](COC(C)=O)NC(C)=O)cc1. The molecule has 1 amide bonds. The summed E-state index contributed by atoms with van der Waals surface area (Å²) in [6, 6.07) is 6.03. The molecule has 0 unspecified atom stereocenters. The van der Waals surface area contributed by atoms with Crippen molar-refractivity contribution in [2.45, 2.75) is 32.9 Å². The van der Waals surface area contributed by atoms with Gasteiger partial charge in [-0.2, -0.15) is 0 Å². The molecule has 0 fully saturated rings. The number of methoxy groups -OCH3 is 1. The van der Waals surface area contributed by atoms with Crippen molar-refractivity contribution in [2.75, 3.05) is 20.5 Å². The van der Waals surface area contributed by atoms with Crippen molar-refractivity contribution in [2.24, 2.45) is 0 Å². The number of hydrogen-bond donors (Lipinski definition) is 1. The van der Waals surface area contributed by atoms with Crippen molar-refractivity contribution in [3.05, 3.63) is 29.8 Å². The molecule has 0 spiro atoms. The third kappa shape index (κ3) is 7.67. The van der Waals surface area contributed by atoms with Crippen LogP contribution in [0.5, 0.6) is 5.75 Å². The number of hydrogen-bond acceptors (Lipinski definition) is 7. The first-order chi connectivity index (χ1) is 11.8. The molecule has 8 heteroatoms. The average Bonchev–Trinajstić information content (AvgIpc) is 2.54. The van der Waals surface area contributed by atoms with Gasteiger partial charge in [0, 0.05) is 27.9 Å². The summed E-state index contributed by atoms with van der Waals surface area (Å²) < 4.78 is 20.5. The maximum absolute atomic E-state index is 11.5. The molecule has 0 aliphatic rings. The van der Waals surface area contributed by atoms with Gasteiger partial charge in [-0.25, -0.2) is 0 Å². The largest absolute Gasteiger partial charge is 0.468 e. The van der Waals surface area contributed by atoms with Crippen LogP contribution in [0.15, 0.2) is 24.3 Å². The van der Waals surface area contributed by atoms with Gasteiger partial charge < -0.3 is 24.3 Å². The number of carbonyl (C=O) groups is 3. The van der Waals surface area contributed by atoms with Crippen LogP contribution in [0.1, 0.15) is 32.4 Å². The van der Waals surface area contributed by atoms with E-state index in [-0.39, 0.29) is 19.3 Å². The smallest absolute Gasteiger partial charge is 0.303 e. The molecular formula is C17H23NO7. The summed E-state index contributed by atoms with van der Waals surface area (Å²) >= 11 is 0. The first-order valence-corrected chi connectivity index (χ1v) is 7.63. The highest BCUT2D eigenvalue weighted by Crippen LogP contribution is 2.25. The summed E-state index contributed by atoms with van der Waals surface area (Å²) in [7, 11) is 1.51. The highest BCUT2D eigenvalue weighted by atomic mass is 16.7. The van der Waals surface area contributed by atoms with Crippen LogP contribution in [0.2, 0.25) is 0 Å². The predicted octanol–water partition coefficient (Wildman–Crippen LogP) is 1.34. The zero-order valence-electron chi connectivity index (χ0n) is 14.7. The lowest BCUT2D eigenvalue weighted by molar-refractivity contribution is -0.152. The highest BCUT2D eigenvalue weighted by Gasteiger charge is 2.28. The second-order valence-electron chi connectivity index (χ2n) is 5.26. The number of rotatable bonds is 9.